The Kier molecular flexibility index (Phi) is 3.22. The van der Waals surface area contributed by atoms with E-state index in [0.29, 0.717) is 22.5 Å². The van der Waals surface area contributed by atoms with Gasteiger partial charge < -0.3 is 5.32 Å². The first-order valence-corrected chi connectivity index (χ1v) is 6.01. The fraction of sp³-hybridized carbons (Fsp3) is 0.538. The van der Waals surface area contributed by atoms with Crippen molar-refractivity contribution in [3.05, 3.63) is 34.6 Å². The van der Waals surface area contributed by atoms with Crippen LogP contribution in [-0.4, -0.2) is 6.54 Å². The lowest BCUT2D eigenvalue weighted by Gasteiger charge is -2.07. The van der Waals surface area contributed by atoms with E-state index in [2.05, 4.69) is 19.2 Å². The van der Waals surface area contributed by atoms with Crippen molar-refractivity contribution >= 4 is 11.6 Å². The highest BCUT2D eigenvalue weighted by molar-refractivity contribution is 6.30. The summed E-state index contributed by atoms with van der Waals surface area (Å²) in [4.78, 5) is 0. The minimum Gasteiger partial charge on any atom is -0.312 e. The van der Waals surface area contributed by atoms with Gasteiger partial charge in [-0.3, -0.25) is 0 Å². The first kappa shape index (κ1) is 11.9. The van der Waals surface area contributed by atoms with Crippen LogP contribution in [0.4, 0.5) is 4.39 Å². The largest absolute Gasteiger partial charge is 0.312 e. The summed E-state index contributed by atoms with van der Waals surface area (Å²) in [5.41, 5.74) is 1.12. The molecule has 1 fully saturated rings. The van der Waals surface area contributed by atoms with Gasteiger partial charge in [-0.15, -0.1) is 0 Å². The molecule has 3 heteroatoms. The van der Waals surface area contributed by atoms with Crippen molar-refractivity contribution in [2.75, 3.05) is 6.54 Å². The Labute approximate surface area is 101 Å². The van der Waals surface area contributed by atoms with Crippen molar-refractivity contribution < 1.29 is 4.39 Å². The third-order valence-corrected chi connectivity index (χ3v) is 3.67. The highest BCUT2D eigenvalue weighted by Gasteiger charge is 2.44. The molecule has 2 rings (SSSR count). The number of rotatable bonds is 4. The molecule has 1 aromatic rings. The van der Waals surface area contributed by atoms with Gasteiger partial charge in [0.1, 0.15) is 5.82 Å². The summed E-state index contributed by atoms with van der Waals surface area (Å²) >= 11 is 5.82. The van der Waals surface area contributed by atoms with Crippen molar-refractivity contribution in [2.24, 2.45) is 11.3 Å². The number of nitrogens with one attached hydrogen (secondary N) is 1. The molecule has 1 N–H and O–H groups in total. The third kappa shape index (κ3) is 2.74. The fourth-order valence-corrected chi connectivity index (χ4v) is 2.18. The fourth-order valence-electron chi connectivity index (χ4n) is 1.98. The highest BCUT2D eigenvalue weighted by atomic mass is 35.5. The molecule has 1 unspecified atom stereocenters. The highest BCUT2D eigenvalue weighted by Crippen LogP contribution is 2.50. The monoisotopic (exact) mass is 241 g/mol. The average Bonchev–Trinajstić information content (AvgIpc) is 2.80. The molecule has 1 aromatic carbocycles. The van der Waals surface area contributed by atoms with E-state index < -0.39 is 0 Å². The average molecular weight is 242 g/mol. The Morgan fingerprint density at radius 1 is 1.50 bits per heavy atom. The summed E-state index contributed by atoms with van der Waals surface area (Å²) in [5.74, 6) is 0.543. The van der Waals surface area contributed by atoms with Crippen LogP contribution in [0.25, 0.3) is 0 Å². The third-order valence-electron chi connectivity index (χ3n) is 3.43. The maximum absolute atomic E-state index is 13.4. The van der Waals surface area contributed by atoms with Crippen LogP contribution >= 0.6 is 11.6 Å². The molecule has 0 heterocycles. The topological polar surface area (TPSA) is 12.0 Å². The van der Waals surface area contributed by atoms with Crippen LogP contribution in [0.1, 0.15) is 25.8 Å². The molecule has 1 aliphatic rings. The first-order valence-electron chi connectivity index (χ1n) is 5.64. The molecule has 0 saturated heterocycles. The minimum absolute atomic E-state index is 0.188. The molecule has 0 radical (unpaired) electrons. The van der Waals surface area contributed by atoms with Crippen LogP contribution in [-0.2, 0) is 6.54 Å². The second-order valence-electron chi connectivity index (χ2n) is 5.26. The molecular formula is C13H17ClFN. The Hall–Kier alpha value is -0.600. The quantitative estimate of drug-likeness (QED) is 0.849. The molecule has 16 heavy (non-hydrogen) atoms. The Balaban J connectivity index is 1.83. The van der Waals surface area contributed by atoms with Crippen molar-refractivity contribution in [2.45, 2.75) is 26.8 Å². The van der Waals surface area contributed by atoms with E-state index in [1.165, 1.54) is 12.5 Å². The van der Waals surface area contributed by atoms with Gasteiger partial charge in [-0.05, 0) is 42.5 Å². The van der Waals surface area contributed by atoms with Crippen LogP contribution < -0.4 is 5.32 Å². The summed E-state index contributed by atoms with van der Waals surface area (Å²) in [7, 11) is 0. The van der Waals surface area contributed by atoms with E-state index in [-0.39, 0.29) is 5.82 Å². The van der Waals surface area contributed by atoms with Crippen LogP contribution in [0, 0.1) is 17.2 Å². The van der Waals surface area contributed by atoms with Gasteiger partial charge in [-0.2, -0.15) is 0 Å². The second-order valence-corrected chi connectivity index (χ2v) is 5.69. The van der Waals surface area contributed by atoms with Crippen LogP contribution in [0.15, 0.2) is 18.2 Å². The van der Waals surface area contributed by atoms with E-state index in [1.54, 1.807) is 12.1 Å². The standard InChI is InChI=1S/C13H17ClFN/c1-13(2)6-10(13)8-16-7-9-5-11(14)3-4-12(9)15/h3-5,10,16H,6-8H2,1-2H3. The van der Waals surface area contributed by atoms with E-state index in [9.17, 15) is 4.39 Å². The van der Waals surface area contributed by atoms with Gasteiger partial charge in [-0.25, -0.2) is 4.39 Å². The van der Waals surface area contributed by atoms with Gasteiger partial charge in [0.05, 0.1) is 0 Å². The predicted octanol–water partition coefficient (Wildman–Crippen LogP) is 3.61. The predicted molar refractivity (Wildman–Crippen MR) is 65.0 cm³/mol. The van der Waals surface area contributed by atoms with Crippen LogP contribution in [0.5, 0.6) is 0 Å². The Morgan fingerprint density at radius 3 is 2.81 bits per heavy atom. The molecule has 0 amide bonds. The van der Waals surface area contributed by atoms with Crippen molar-refractivity contribution in [1.82, 2.24) is 5.32 Å². The minimum atomic E-state index is -0.188. The Morgan fingerprint density at radius 2 is 2.19 bits per heavy atom. The SMILES string of the molecule is CC1(C)CC1CNCc1cc(Cl)ccc1F. The number of hydrogen-bond acceptors (Lipinski definition) is 1. The molecular weight excluding hydrogens is 225 g/mol. The van der Waals surface area contributed by atoms with Gasteiger partial charge in [0.15, 0.2) is 0 Å². The molecule has 1 nitrogen and oxygen atoms in total. The van der Waals surface area contributed by atoms with Crippen LogP contribution in [0.2, 0.25) is 5.02 Å². The molecule has 0 aromatic heterocycles. The van der Waals surface area contributed by atoms with Gasteiger partial charge in [0, 0.05) is 17.1 Å². The number of benzene rings is 1. The molecule has 1 saturated carbocycles. The van der Waals surface area contributed by atoms with Gasteiger partial charge in [-0.1, -0.05) is 25.4 Å². The summed E-state index contributed by atoms with van der Waals surface area (Å²) in [6, 6.07) is 4.67. The molecule has 1 atom stereocenters. The summed E-state index contributed by atoms with van der Waals surface area (Å²) < 4.78 is 13.4. The zero-order chi connectivity index (χ0) is 11.8. The van der Waals surface area contributed by atoms with E-state index in [0.717, 1.165) is 12.5 Å². The molecule has 0 bridgehead atoms. The molecule has 0 aliphatic heterocycles. The maximum atomic E-state index is 13.4. The summed E-state index contributed by atoms with van der Waals surface area (Å²) in [6.07, 6.45) is 1.26. The summed E-state index contributed by atoms with van der Waals surface area (Å²) in [5, 5.41) is 3.88. The number of halogens is 2. The summed E-state index contributed by atoms with van der Waals surface area (Å²) in [6.45, 7) is 6.04. The van der Waals surface area contributed by atoms with Crippen molar-refractivity contribution in [1.29, 1.82) is 0 Å². The first-order chi connectivity index (χ1) is 7.49. The molecule has 0 spiro atoms. The zero-order valence-corrected chi connectivity index (χ0v) is 10.4. The van der Waals surface area contributed by atoms with Gasteiger partial charge >= 0.3 is 0 Å². The molecule has 1 aliphatic carbocycles. The lowest BCUT2D eigenvalue weighted by Crippen LogP contribution is -2.18. The lowest BCUT2D eigenvalue weighted by molar-refractivity contribution is 0.512. The zero-order valence-electron chi connectivity index (χ0n) is 9.69. The van der Waals surface area contributed by atoms with Crippen molar-refractivity contribution in [3.8, 4) is 0 Å². The maximum Gasteiger partial charge on any atom is 0.127 e. The molecule has 88 valence electrons. The van der Waals surface area contributed by atoms with E-state index >= 15 is 0 Å². The Bertz CT molecular complexity index is 390. The van der Waals surface area contributed by atoms with Gasteiger partial charge in [0.2, 0.25) is 0 Å². The van der Waals surface area contributed by atoms with Crippen molar-refractivity contribution in [3.63, 3.8) is 0 Å². The second kappa shape index (κ2) is 4.34. The van der Waals surface area contributed by atoms with Gasteiger partial charge in [0.25, 0.3) is 0 Å². The normalized spacial score (nSPS) is 22.1. The van der Waals surface area contributed by atoms with E-state index in [4.69, 9.17) is 11.6 Å². The van der Waals surface area contributed by atoms with Crippen LogP contribution in [0.3, 0.4) is 0 Å². The smallest absolute Gasteiger partial charge is 0.127 e. The van der Waals surface area contributed by atoms with E-state index in [1.807, 2.05) is 0 Å². The number of hydrogen-bond donors (Lipinski definition) is 1. The lowest BCUT2D eigenvalue weighted by atomic mass is 10.1.